The molecule has 94 valence electrons. The van der Waals surface area contributed by atoms with Crippen molar-refractivity contribution in [2.24, 2.45) is 11.8 Å². The van der Waals surface area contributed by atoms with Crippen LogP contribution >= 0.6 is 0 Å². The first-order valence-corrected chi connectivity index (χ1v) is 5.91. The van der Waals surface area contributed by atoms with Gasteiger partial charge in [-0.2, -0.15) is 0 Å². The van der Waals surface area contributed by atoms with Gasteiger partial charge >= 0.3 is 5.97 Å². The fourth-order valence-electron chi connectivity index (χ4n) is 1.74. The number of nitrogens with zero attached hydrogens (tertiary/aromatic N) is 1. The highest BCUT2D eigenvalue weighted by Crippen LogP contribution is 2.19. The van der Waals surface area contributed by atoms with Gasteiger partial charge in [0.25, 0.3) is 0 Å². The molecule has 0 aromatic carbocycles. The molecule has 0 aromatic heterocycles. The average Bonchev–Trinajstić information content (AvgIpc) is 2.21. The van der Waals surface area contributed by atoms with Gasteiger partial charge in [0.2, 0.25) is 5.91 Å². The van der Waals surface area contributed by atoms with Gasteiger partial charge in [-0.15, -0.1) is 0 Å². The Kier molecular flexibility index (Phi) is 6.77. The molecule has 0 aliphatic carbocycles. The molecule has 0 aliphatic rings. The molecule has 0 radical (unpaired) electrons. The summed E-state index contributed by atoms with van der Waals surface area (Å²) in [5.74, 6) is -0.203. The van der Waals surface area contributed by atoms with E-state index < -0.39 is 5.97 Å². The lowest BCUT2D eigenvalue weighted by molar-refractivity contribution is -0.144. The van der Waals surface area contributed by atoms with E-state index in [0.29, 0.717) is 24.8 Å². The highest BCUT2D eigenvalue weighted by molar-refractivity contribution is 5.81. The fourth-order valence-corrected chi connectivity index (χ4v) is 1.74. The molecule has 0 saturated carbocycles. The number of rotatable bonds is 7. The zero-order valence-corrected chi connectivity index (χ0v) is 10.7. The molecule has 1 atom stereocenters. The van der Waals surface area contributed by atoms with Crippen LogP contribution in [-0.4, -0.2) is 35.0 Å². The van der Waals surface area contributed by atoms with Gasteiger partial charge in [-0.1, -0.05) is 27.2 Å². The Bertz CT molecular complexity index is 238. The first-order chi connectivity index (χ1) is 7.42. The number of carboxylic acids is 1. The number of carbonyl (C=O) groups is 2. The third-order valence-electron chi connectivity index (χ3n) is 2.96. The highest BCUT2D eigenvalue weighted by atomic mass is 16.4. The second-order valence-electron chi connectivity index (χ2n) is 4.42. The van der Waals surface area contributed by atoms with Crippen LogP contribution in [0.15, 0.2) is 0 Å². The number of carboxylic acid groups (broad SMARTS) is 1. The number of hydrogen-bond donors (Lipinski definition) is 1. The minimum Gasteiger partial charge on any atom is -0.480 e. The quantitative estimate of drug-likeness (QED) is 0.726. The van der Waals surface area contributed by atoms with Crippen molar-refractivity contribution in [2.45, 2.75) is 40.5 Å². The zero-order valence-electron chi connectivity index (χ0n) is 10.7. The Balaban J connectivity index is 4.34. The van der Waals surface area contributed by atoms with Crippen LogP contribution < -0.4 is 0 Å². The number of aliphatic carboxylic acids is 1. The number of carbonyl (C=O) groups excluding carboxylic acids is 1. The molecule has 16 heavy (non-hydrogen) atoms. The van der Waals surface area contributed by atoms with Crippen LogP contribution in [0.5, 0.6) is 0 Å². The Hall–Kier alpha value is -1.06. The average molecular weight is 229 g/mol. The maximum atomic E-state index is 11.8. The van der Waals surface area contributed by atoms with E-state index in [1.54, 1.807) is 6.92 Å². The molecule has 0 saturated heterocycles. The van der Waals surface area contributed by atoms with E-state index in [1.165, 1.54) is 4.90 Å². The van der Waals surface area contributed by atoms with E-state index in [4.69, 9.17) is 5.11 Å². The van der Waals surface area contributed by atoms with Gasteiger partial charge in [-0.05, 0) is 18.8 Å². The van der Waals surface area contributed by atoms with E-state index in [1.807, 2.05) is 0 Å². The van der Waals surface area contributed by atoms with Crippen LogP contribution in [-0.2, 0) is 9.59 Å². The summed E-state index contributed by atoms with van der Waals surface area (Å²) in [6.07, 6.45) is 1.41. The first-order valence-electron chi connectivity index (χ1n) is 5.91. The van der Waals surface area contributed by atoms with E-state index in [2.05, 4.69) is 20.8 Å². The highest BCUT2D eigenvalue weighted by Gasteiger charge is 2.20. The topological polar surface area (TPSA) is 57.6 Å². The monoisotopic (exact) mass is 229 g/mol. The smallest absolute Gasteiger partial charge is 0.323 e. The van der Waals surface area contributed by atoms with Gasteiger partial charge in [0.05, 0.1) is 0 Å². The van der Waals surface area contributed by atoms with Crippen molar-refractivity contribution in [3.8, 4) is 0 Å². The van der Waals surface area contributed by atoms with Gasteiger partial charge in [-0.3, -0.25) is 9.59 Å². The third kappa shape index (κ3) is 5.14. The predicted molar refractivity (Wildman–Crippen MR) is 63.1 cm³/mol. The summed E-state index contributed by atoms with van der Waals surface area (Å²) < 4.78 is 0. The molecule has 1 N–H and O–H groups in total. The molecule has 0 rings (SSSR count). The molecule has 0 aromatic rings. The second kappa shape index (κ2) is 7.25. The van der Waals surface area contributed by atoms with Crippen molar-refractivity contribution in [1.29, 1.82) is 0 Å². The molecular weight excluding hydrogens is 206 g/mol. The van der Waals surface area contributed by atoms with Gasteiger partial charge < -0.3 is 10.0 Å². The lowest BCUT2D eigenvalue weighted by Gasteiger charge is -2.23. The van der Waals surface area contributed by atoms with Crippen LogP contribution in [0.1, 0.15) is 40.5 Å². The summed E-state index contributed by atoms with van der Waals surface area (Å²) in [6.45, 7) is 8.32. The molecule has 1 amide bonds. The Morgan fingerprint density at radius 1 is 1.25 bits per heavy atom. The van der Waals surface area contributed by atoms with Gasteiger partial charge in [0, 0.05) is 13.0 Å². The number of likely N-dealkylation sites (N-methyl/N-ethyl adjacent to an activating group) is 1. The molecule has 0 fully saturated rings. The molecule has 0 aliphatic heterocycles. The van der Waals surface area contributed by atoms with Crippen LogP contribution in [0, 0.1) is 11.8 Å². The SMILES string of the molecule is CCC(CC(=O)N(CC)CC(=O)O)C(C)C. The number of hydrogen-bond acceptors (Lipinski definition) is 2. The fraction of sp³-hybridized carbons (Fsp3) is 0.833. The molecule has 0 spiro atoms. The standard InChI is InChI=1S/C12H23NO3/c1-5-10(9(3)4)7-11(14)13(6-2)8-12(15)16/h9-10H,5-8H2,1-4H3,(H,15,16). The summed E-state index contributed by atoms with van der Waals surface area (Å²) in [5.41, 5.74) is 0. The summed E-state index contributed by atoms with van der Waals surface area (Å²) in [7, 11) is 0. The van der Waals surface area contributed by atoms with Crippen molar-refractivity contribution in [1.82, 2.24) is 4.90 Å². The van der Waals surface area contributed by atoms with Crippen molar-refractivity contribution >= 4 is 11.9 Å². The van der Waals surface area contributed by atoms with Crippen LogP contribution in [0.3, 0.4) is 0 Å². The second-order valence-corrected chi connectivity index (χ2v) is 4.42. The Labute approximate surface area is 97.6 Å². The molecule has 4 nitrogen and oxygen atoms in total. The van der Waals surface area contributed by atoms with E-state index in [0.717, 1.165) is 6.42 Å². The normalized spacial score (nSPS) is 12.6. The third-order valence-corrected chi connectivity index (χ3v) is 2.96. The van der Waals surface area contributed by atoms with E-state index >= 15 is 0 Å². The molecular formula is C12H23NO3. The zero-order chi connectivity index (χ0) is 12.7. The van der Waals surface area contributed by atoms with E-state index in [-0.39, 0.29) is 12.5 Å². The van der Waals surface area contributed by atoms with Gasteiger partial charge in [0.1, 0.15) is 6.54 Å². The van der Waals surface area contributed by atoms with Crippen molar-refractivity contribution in [2.75, 3.05) is 13.1 Å². The van der Waals surface area contributed by atoms with Crippen LogP contribution in [0.2, 0.25) is 0 Å². The maximum Gasteiger partial charge on any atom is 0.323 e. The number of amides is 1. The molecule has 4 heteroatoms. The Morgan fingerprint density at radius 2 is 1.81 bits per heavy atom. The van der Waals surface area contributed by atoms with Gasteiger partial charge in [-0.25, -0.2) is 0 Å². The lowest BCUT2D eigenvalue weighted by atomic mass is 9.90. The summed E-state index contributed by atoms with van der Waals surface area (Å²) in [4.78, 5) is 23.8. The van der Waals surface area contributed by atoms with Crippen molar-refractivity contribution in [3.05, 3.63) is 0 Å². The van der Waals surface area contributed by atoms with Crippen LogP contribution in [0.4, 0.5) is 0 Å². The summed E-state index contributed by atoms with van der Waals surface area (Å²) in [6, 6.07) is 0. The van der Waals surface area contributed by atoms with Crippen LogP contribution in [0.25, 0.3) is 0 Å². The first kappa shape index (κ1) is 14.9. The summed E-state index contributed by atoms with van der Waals surface area (Å²) in [5, 5.41) is 8.67. The predicted octanol–water partition coefficient (Wildman–Crippen LogP) is 1.99. The molecule has 0 heterocycles. The lowest BCUT2D eigenvalue weighted by Crippen LogP contribution is -2.36. The maximum absolute atomic E-state index is 11.8. The van der Waals surface area contributed by atoms with Crippen molar-refractivity contribution in [3.63, 3.8) is 0 Å². The van der Waals surface area contributed by atoms with E-state index in [9.17, 15) is 9.59 Å². The minimum absolute atomic E-state index is 0.0505. The minimum atomic E-state index is -0.951. The molecule has 0 bridgehead atoms. The van der Waals surface area contributed by atoms with Gasteiger partial charge in [0.15, 0.2) is 0 Å². The van der Waals surface area contributed by atoms with Crippen molar-refractivity contribution < 1.29 is 14.7 Å². The largest absolute Gasteiger partial charge is 0.480 e. The summed E-state index contributed by atoms with van der Waals surface area (Å²) >= 11 is 0. The molecule has 1 unspecified atom stereocenters. The Morgan fingerprint density at radius 3 is 2.12 bits per heavy atom.